The van der Waals surface area contributed by atoms with Gasteiger partial charge in [0.2, 0.25) is 0 Å². The zero-order valence-electron chi connectivity index (χ0n) is 9.67. The SMILES string of the molecule is N#Cc1ccc(NC2CCCCNC2)c(Br)c1. The highest BCUT2D eigenvalue weighted by Crippen LogP contribution is 2.25. The van der Waals surface area contributed by atoms with Crippen LogP contribution in [-0.2, 0) is 0 Å². The van der Waals surface area contributed by atoms with Gasteiger partial charge in [0.15, 0.2) is 0 Å². The second-order valence-electron chi connectivity index (χ2n) is 4.35. The van der Waals surface area contributed by atoms with E-state index in [1.165, 1.54) is 19.3 Å². The molecule has 1 unspecified atom stereocenters. The van der Waals surface area contributed by atoms with Crippen molar-refractivity contribution in [3.63, 3.8) is 0 Å². The van der Waals surface area contributed by atoms with Gasteiger partial charge in [-0.1, -0.05) is 6.42 Å². The Morgan fingerprint density at radius 1 is 1.41 bits per heavy atom. The van der Waals surface area contributed by atoms with Gasteiger partial charge >= 0.3 is 0 Å². The minimum absolute atomic E-state index is 0.474. The molecule has 1 fully saturated rings. The third kappa shape index (κ3) is 3.45. The fourth-order valence-corrected chi connectivity index (χ4v) is 2.56. The van der Waals surface area contributed by atoms with Gasteiger partial charge in [-0.15, -0.1) is 0 Å². The van der Waals surface area contributed by atoms with Gasteiger partial charge in [0.1, 0.15) is 0 Å². The zero-order valence-corrected chi connectivity index (χ0v) is 11.3. The number of nitriles is 1. The Morgan fingerprint density at radius 3 is 3.06 bits per heavy atom. The number of rotatable bonds is 2. The summed E-state index contributed by atoms with van der Waals surface area (Å²) in [6.07, 6.45) is 3.71. The van der Waals surface area contributed by atoms with Crippen LogP contribution in [0.2, 0.25) is 0 Å². The standard InChI is InChI=1S/C13H16BrN3/c14-12-7-10(8-15)4-5-13(12)17-11-3-1-2-6-16-9-11/h4-5,7,11,16-17H,1-3,6,9H2. The maximum absolute atomic E-state index is 8.81. The van der Waals surface area contributed by atoms with E-state index >= 15 is 0 Å². The van der Waals surface area contributed by atoms with Crippen LogP contribution < -0.4 is 10.6 Å². The maximum Gasteiger partial charge on any atom is 0.0992 e. The quantitative estimate of drug-likeness (QED) is 0.881. The van der Waals surface area contributed by atoms with Crippen molar-refractivity contribution >= 4 is 21.6 Å². The molecule has 1 aliphatic heterocycles. The highest BCUT2D eigenvalue weighted by molar-refractivity contribution is 9.10. The van der Waals surface area contributed by atoms with E-state index in [4.69, 9.17) is 5.26 Å². The van der Waals surface area contributed by atoms with Crippen molar-refractivity contribution in [3.8, 4) is 6.07 Å². The minimum atomic E-state index is 0.474. The fraction of sp³-hybridized carbons (Fsp3) is 0.462. The molecule has 1 aromatic carbocycles. The lowest BCUT2D eigenvalue weighted by atomic mass is 10.1. The van der Waals surface area contributed by atoms with Crippen molar-refractivity contribution < 1.29 is 0 Å². The van der Waals surface area contributed by atoms with E-state index < -0.39 is 0 Å². The second-order valence-corrected chi connectivity index (χ2v) is 5.20. The van der Waals surface area contributed by atoms with Crippen molar-refractivity contribution in [3.05, 3.63) is 28.2 Å². The van der Waals surface area contributed by atoms with E-state index in [2.05, 4.69) is 32.6 Å². The minimum Gasteiger partial charge on any atom is -0.380 e. The molecule has 0 radical (unpaired) electrons. The normalized spacial score (nSPS) is 20.4. The van der Waals surface area contributed by atoms with Gasteiger partial charge in [-0.25, -0.2) is 0 Å². The van der Waals surface area contributed by atoms with Gasteiger partial charge in [0, 0.05) is 22.7 Å². The summed E-state index contributed by atoms with van der Waals surface area (Å²) in [5.74, 6) is 0. The summed E-state index contributed by atoms with van der Waals surface area (Å²) in [7, 11) is 0. The highest BCUT2D eigenvalue weighted by Gasteiger charge is 2.12. The number of benzene rings is 1. The predicted octanol–water partition coefficient (Wildman–Crippen LogP) is 2.87. The molecule has 0 spiro atoms. The van der Waals surface area contributed by atoms with E-state index in [-0.39, 0.29) is 0 Å². The van der Waals surface area contributed by atoms with Crippen LogP contribution in [0.3, 0.4) is 0 Å². The van der Waals surface area contributed by atoms with E-state index in [1.54, 1.807) is 0 Å². The molecule has 4 heteroatoms. The smallest absolute Gasteiger partial charge is 0.0992 e. The predicted molar refractivity (Wildman–Crippen MR) is 73.0 cm³/mol. The Bertz CT molecular complexity index is 417. The van der Waals surface area contributed by atoms with E-state index in [0.717, 1.165) is 23.2 Å². The lowest BCUT2D eigenvalue weighted by Gasteiger charge is -2.18. The number of hydrogen-bond donors (Lipinski definition) is 2. The first-order valence-electron chi connectivity index (χ1n) is 5.96. The Labute approximate surface area is 110 Å². The number of hydrogen-bond acceptors (Lipinski definition) is 3. The first kappa shape index (κ1) is 12.4. The van der Waals surface area contributed by atoms with Crippen LogP contribution in [0, 0.1) is 11.3 Å². The van der Waals surface area contributed by atoms with Crippen molar-refractivity contribution in [2.24, 2.45) is 0 Å². The summed E-state index contributed by atoms with van der Waals surface area (Å²) in [5.41, 5.74) is 1.75. The molecule has 0 aromatic heterocycles. The van der Waals surface area contributed by atoms with Crippen molar-refractivity contribution in [1.29, 1.82) is 5.26 Å². The van der Waals surface area contributed by atoms with Gasteiger partial charge in [-0.05, 0) is 53.5 Å². The second kappa shape index (κ2) is 6.04. The van der Waals surface area contributed by atoms with Gasteiger partial charge in [0.25, 0.3) is 0 Å². The third-order valence-electron chi connectivity index (χ3n) is 3.00. The van der Waals surface area contributed by atoms with Crippen LogP contribution in [0.4, 0.5) is 5.69 Å². The molecule has 1 aliphatic rings. The molecule has 0 bridgehead atoms. The molecule has 0 aliphatic carbocycles. The molecule has 3 nitrogen and oxygen atoms in total. The Balaban J connectivity index is 2.05. The molecule has 2 rings (SSSR count). The molecule has 1 aromatic rings. The summed E-state index contributed by atoms with van der Waals surface area (Å²) in [4.78, 5) is 0. The molecular formula is C13H16BrN3. The van der Waals surface area contributed by atoms with Crippen LogP contribution >= 0.6 is 15.9 Å². The lowest BCUT2D eigenvalue weighted by Crippen LogP contribution is -2.31. The average Bonchev–Trinajstić information content (AvgIpc) is 2.60. The summed E-state index contributed by atoms with van der Waals surface area (Å²) in [6.45, 7) is 2.12. The summed E-state index contributed by atoms with van der Waals surface area (Å²) < 4.78 is 0.959. The molecule has 1 heterocycles. The van der Waals surface area contributed by atoms with Gasteiger partial charge in [-0.3, -0.25) is 0 Å². The Kier molecular flexibility index (Phi) is 4.41. The van der Waals surface area contributed by atoms with Crippen molar-refractivity contribution in [2.75, 3.05) is 18.4 Å². The molecular weight excluding hydrogens is 278 g/mol. The molecule has 0 amide bonds. The van der Waals surface area contributed by atoms with Gasteiger partial charge in [0.05, 0.1) is 11.6 Å². The van der Waals surface area contributed by atoms with Crippen LogP contribution in [0.15, 0.2) is 22.7 Å². The van der Waals surface area contributed by atoms with E-state index in [9.17, 15) is 0 Å². The van der Waals surface area contributed by atoms with Crippen LogP contribution in [0.25, 0.3) is 0 Å². The van der Waals surface area contributed by atoms with Crippen LogP contribution in [-0.4, -0.2) is 19.1 Å². The number of nitrogens with one attached hydrogen (secondary N) is 2. The first-order chi connectivity index (χ1) is 8.29. The zero-order chi connectivity index (χ0) is 12.1. The van der Waals surface area contributed by atoms with Crippen LogP contribution in [0.1, 0.15) is 24.8 Å². The average molecular weight is 294 g/mol. The molecule has 0 saturated carbocycles. The van der Waals surface area contributed by atoms with Crippen molar-refractivity contribution in [1.82, 2.24) is 5.32 Å². The largest absolute Gasteiger partial charge is 0.380 e. The monoisotopic (exact) mass is 293 g/mol. The number of halogens is 1. The highest BCUT2D eigenvalue weighted by atomic mass is 79.9. The molecule has 1 atom stereocenters. The van der Waals surface area contributed by atoms with Crippen molar-refractivity contribution in [2.45, 2.75) is 25.3 Å². The Morgan fingerprint density at radius 2 is 2.29 bits per heavy atom. The third-order valence-corrected chi connectivity index (χ3v) is 3.66. The van der Waals surface area contributed by atoms with Gasteiger partial charge < -0.3 is 10.6 Å². The lowest BCUT2D eigenvalue weighted by molar-refractivity contribution is 0.636. The number of nitrogens with zero attached hydrogens (tertiary/aromatic N) is 1. The maximum atomic E-state index is 8.81. The molecule has 17 heavy (non-hydrogen) atoms. The first-order valence-corrected chi connectivity index (χ1v) is 6.76. The summed E-state index contributed by atoms with van der Waals surface area (Å²) in [6, 6.07) is 8.28. The molecule has 90 valence electrons. The topological polar surface area (TPSA) is 47.9 Å². The van der Waals surface area contributed by atoms with Gasteiger partial charge in [-0.2, -0.15) is 5.26 Å². The number of anilines is 1. The molecule has 2 N–H and O–H groups in total. The van der Waals surface area contributed by atoms with Crippen LogP contribution in [0.5, 0.6) is 0 Å². The van der Waals surface area contributed by atoms with E-state index in [1.807, 2.05) is 18.2 Å². The summed E-state index contributed by atoms with van der Waals surface area (Å²) in [5, 5.41) is 15.8. The van der Waals surface area contributed by atoms with E-state index in [0.29, 0.717) is 11.6 Å². The molecule has 1 saturated heterocycles. The Hall–Kier alpha value is -1.05. The fourth-order valence-electron chi connectivity index (χ4n) is 2.06. The summed E-state index contributed by atoms with van der Waals surface area (Å²) >= 11 is 3.50.